The first-order valence-corrected chi connectivity index (χ1v) is 12.4. The van der Waals surface area contributed by atoms with Crippen LogP contribution in [0, 0.1) is 17.8 Å². The second-order valence-electron chi connectivity index (χ2n) is 11.0. The van der Waals surface area contributed by atoms with Crippen LogP contribution in [0.4, 0.5) is 0 Å². The van der Waals surface area contributed by atoms with Crippen LogP contribution in [0.15, 0.2) is 26.9 Å². The summed E-state index contributed by atoms with van der Waals surface area (Å²) in [5, 5.41) is 14.3. The Morgan fingerprint density at radius 2 is 2.09 bits per heavy atom. The summed E-state index contributed by atoms with van der Waals surface area (Å²) < 4.78 is 6.07. The minimum absolute atomic E-state index is 0.0789. The van der Waals surface area contributed by atoms with Gasteiger partial charge in [0.25, 0.3) is 0 Å². The van der Waals surface area contributed by atoms with E-state index in [1.807, 2.05) is 19.2 Å². The lowest BCUT2D eigenvalue weighted by molar-refractivity contribution is 0.126. The summed E-state index contributed by atoms with van der Waals surface area (Å²) in [5.41, 5.74) is 3.97. The fourth-order valence-corrected chi connectivity index (χ4v) is 7.20. The second kappa shape index (κ2) is 7.42. The van der Waals surface area contributed by atoms with E-state index in [2.05, 4.69) is 30.7 Å². The maximum Gasteiger partial charge on any atom is 0.202 e. The molecule has 32 heavy (non-hydrogen) atoms. The van der Waals surface area contributed by atoms with Crippen LogP contribution in [0.5, 0.6) is 5.75 Å². The highest BCUT2D eigenvalue weighted by Crippen LogP contribution is 2.53. The maximum absolute atomic E-state index is 13.4. The van der Waals surface area contributed by atoms with E-state index in [1.54, 1.807) is 6.07 Å². The number of hydrogen-bond donors (Lipinski definition) is 1. The number of phenols is 1. The summed E-state index contributed by atoms with van der Waals surface area (Å²) >= 11 is 1.45. The van der Waals surface area contributed by atoms with Crippen LogP contribution in [-0.2, 0) is 13.0 Å². The SMILES string of the molecule is CCc1cc2c(=O)c(-c3nc(C)cs3)coc2c(CN2C[C@@]3(C)C[C@@H]2CC(C)(C)C3)c1O. The topological polar surface area (TPSA) is 66.6 Å². The zero-order valence-electron chi connectivity index (χ0n) is 19.6. The van der Waals surface area contributed by atoms with Crippen molar-refractivity contribution in [1.29, 1.82) is 0 Å². The Morgan fingerprint density at radius 1 is 1.31 bits per heavy atom. The van der Waals surface area contributed by atoms with Crippen molar-refractivity contribution < 1.29 is 9.52 Å². The largest absolute Gasteiger partial charge is 0.507 e. The summed E-state index contributed by atoms with van der Waals surface area (Å²) in [6, 6.07) is 2.30. The lowest BCUT2D eigenvalue weighted by Crippen LogP contribution is -2.34. The molecule has 2 aromatic heterocycles. The van der Waals surface area contributed by atoms with Crippen molar-refractivity contribution in [2.24, 2.45) is 10.8 Å². The average Bonchev–Trinajstić information content (AvgIpc) is 3.23. The molecule has 1 aromatic carbocycles. The van der Waals surface area contributed by atoms with Crippen molar-refractivity contribution in [3.63, 3.8) is 0 Å². The van der Waals surface area contributed by atoms with Gasteiger partial charge < -0.3 is 9.52 Å². The number of aryl methyl sites for hydroxylation is 2. The van der Waals surface area contributed by atoms with Gasteiger partial charge in [-0.3, -0.25) is 9.69 Å². The lowest BCUT2D eigenvalue weighted by Gasteiger charge is -2.40. The lowest BCUT2D eigenvalue weighted by atomic mass is 9.65. The number of aromatic hydroxyl groups is 1. The van der Waals surface area contributed by atoms with Gasteiger partial charge in [-0.2, -0.15) is 0 Å². The third-order valence-corrected chi connectivity index (χ3v) is 8.32. The normalized spacial score (nSPS) is 25.0. The molecule has 1 saturated heterocycles. The average molecular weight is 453 g/mol. The third kappa shape index (κ3) is 3.57. The first-order chi connectivity index (χ1) is 15.1. The van der Waals surface area contributed by atoms with E-state index < -0.39 is 0 Å². The molecule has 2 aliphatic rings. The van der Waals surface area contributed by atoms with Crippen LogP contribution in [0.3, 0.4) is 0 Å². The van der Waals surface area contributed by atoms with Gasteiger partial charge in [0.05, 0.1) is 16.5 Å². The zero-order valence-corrected chi connectivity index (χ0v) is 20.4. The molecule has 0 unspecified atom stereocenters. The van der Waals surface area contributed by atoms with Crippen molar-refractivity contribution in [3.8, 4) is 16.3 Å². The number of hydrogen-bond acceptors (Lipinski definition) is 6. The summed E-state index contributed by atoms with van der Waals surface area (Å²) in [7, 11) is 0. The number of nitrogens with zero attached hydrogens (tertiary/aromatic N) is 2. The van der Waals surface area contributed by atoms with E-state index in [0.717, 1.165) is 29.8 Å². The van der Waals surface area contributed by atoms with Gasteiger partial charge in [-0.25, -0.2) is 4.98 Å². The Kier molecular flexibility index (Phi) is 5.02. The molecule has 1 saturated carbocycles. The third-order valence-electron chi connectivity index (χ3n) is 7.33. The van der Waals surface area contributed by atoms with Gasteiger partial charge in [-0.1, -0.05) is 27.7 Å². The van der Waals surface area contributed by atoms with E-state index in [4.69, 9.17) is 4.42 Å². The highest BCUT2D eigenvalue weighted by Gasteiger charge is 2.49. The van der Waals surface area contributed by atoms with Gasteiger partial charge in [0.1, 0.15) is 22.6 Å². The van der Waals surface area contributed by atoms with Crippen molar-refractivity contribution in [2.45, 2.75) is 72.9 Å². The fraction of sp³-hybridized carbons (Fsp3) is 0.538. The molecule has 170 valence electrons. The number of benzene rings is 1. The predicted molar refractivity (Wildman–Crippen MR) is 129 cm³/mol. The number of phenolic OH excluding ortho intramolecular Hbond substituents is 1. The quantitative estimate of drug-likeness (QED) is 0.534. The van der Waals surface area contributed by atoms with Crippen LogP contribution >= 0.6 is 11.3 Å². The van der Waals surface area contributed by atoms with Gasteiger partial charge in [0.2, 0.25) is 5.43 Å². The monoisotopic (exact) mass is 452 g/mol. The molecule has 0 amide bonds. The van der Waals surface area contributed by atoms with E-state index >= 15 is 0 Å². The number of rotatable bonds is 4. The van der Waals surface area contributed by atoms with E-state index in [-0.39, 0.29) is 11.2 Å². The number of fused-ring (bicyclic) bond motifs is 3. The highest BCUT2D eigenvalue weighted by atomic mass is 32.1. The minimum Gasteiger partial charge on any atom is -0.507 e. The molecule has 6 heteroatoms. The number of likely N-dealkylation sites (tertiary alicyclic amines) is 1. The number of thiazole rings is 1. The molecule has 1 N–H and O–H groups in total. The molecule has 5 nitrogen and oxygen atoms in total. The van der Waals surface area contributed by atoms with Crippen LogP contribution in [0.1, 0.15) is 63.8 Å². The van der Waals surface area contributed by atoms with Crippen LogP contribution in [0.2, 0.25) is 0 Å². The summed E-state index contributed by atoms with van der Waals surface area (Å²) in [6.45, 7) is 12.7. The van der Waals surface area contributed by atoms with Gasteiger partial charge in [-0.05, 0) is 55.1 Å². The van der Waals surface area contributed by atoms with Crippen LogP contribution in [0.25, 0.3) is 21.5 Å². The van der Waals surface area contributed by atoms with Crippen LogP contribution < -0.4 is 5.43 Å². The Bertz CT molecular complexity index is 1260. The first kappa shape index (κ1) is 21.7. The molecule has 0 radical (unpaired) electrons. The molecule has 2 fully saturated rings. The van der Waals surface area contributed by atoms with Crippen molar-refractivity contribution in [3.05, 3.63) is 44.8 Å². The molecule has 3 heterocycles. The number of aromatic nitrogens is 1. The van der Waals surface area contributed by atoms with Crippen molar-refractivity contribution in [2.75, 3.05) is 6.54 Å². The molecular formula is C26H32N2O3S. The molecular weight excluding hydrogens is 420 g/mol. The fourth-order valence-electron chi connectivity index (χ4n) is 6.40. The molecule has 3 aromatic rings. The summed E-state index contributed by atoms with van der Waals surface area (Å²) in [6.07, 6.45) is 5.75. The smallest absolute Gasteiger partial charge is 0.202 e. The van der Waals surface area contributed by atoms with Crippen molar-refractivity contribution >= 4 is 22.3 Å². The Labute approximate surface area is 193 Å². The Hall–Kier alpha value is -2.18. The Balaban J connectivity index is 1.61. The van der Waals surface area contributed by atoms with Crippen LogP contribution in [-0.4, -0.2) is 27.6 Å². The molecule has 2 bridgehead atoms. The standard InChI is InChI=1S/C26H32N2O3S/c1-6-16-7-18-22(30)20(24-27-15(2)12-32-24)11-31-23(18)19(21(16)29)10-28-14-26(5)9-17(28)8-25(3,4)13-26/h7,11-12,17,29H,6,8-10,13-14H2,1-5H3/t17-,26-/m0/s1. The Morgan fingerprint density at radius 3 is 2.78 bits per heavy atom. The molecule has 0 spiro atoms. The molecule has 1 aliphatic carbocycles. The molecule has 1 aliphatic heterocycles. The maximum atomic E-state index is 13.4. The van der Waals surface area contributed by atoms with Crippen molar-refractivity contribution in [1.82, 2.24) is 9.88 Å². The highest BCUT2D eigenvalue weighted by molar-refractivity contribution is 7.13. The molecule has 2 atom stereocenters. The molecule has 5 rings (SSSR count). The first-order valence-electron chi connectivity index (χ1n) is 11.5. The van der Waals surface area contributed by atoms with E-state index in [1.165, 1.54) is 30.4 Å². The van der Waals surface area contributed by atoms with Gasteiger partial charge in [0.15, 0.2) is 0 Å². The van der Waals surface area contributed by atoms with Gasteiger partial charge in [0, 0.05) is 30.2 Å². The van der Waals surface area contributed by atoms with E-state index in [9.17, 15) is 9.90 Å². The zero-order chi connectivity index (χ0) is 22.8. The minimum atomic E-state index is -0.0789. The summed E-state index contributed by atoms with van der Waals surface area (Å²) in [4.78, 5) is 20.4. The van der Waals surface area contributed by atoms with Gasteiger partial charge in [-0.15, -0.1) is 11.3 Å². The van der Waals surface area contributed by atoms with Gasteiger partial charge >= 0.3 is 0 Å². The summed E-state index contributed by atoms with van der Waals surface area (Å²) in [5.74, 6) is 0.270. The van der Waals surface area contributed by atoms with E-state index in [0.29, 0.717) is 51.4 Å². The second-order valence-corrected chi connectivity index (χ2v) is 11.8. The predicted octanol–water partition coefficient (Wildman–Crippen LogP) is 5.89.